The largest absolute Gasteiger partial charge is 0.491 e. The van der Waals surface area contributed by atoms with Crippen LogP contribution in [0.3, 0.4) is 0 Å². The van der Waals surface area contributed by atoms with E-state index in [4.69, 9.17) is 32.7 Å². The number of halogens is 2. The average Bonchev–Trinajstić information content (AvgIpc) is 3.09. The lowest BCUT2D eigenvalue weighted by Gasteiger charge is -2.26. The first-order valence-corrected chi connectivity index (χ1v) is 12.7. The Balaban J connectivity index is 1.99. The number of allylic oxidation sites excluding steroid dienone is 1. The van der Waals surface area contributed by atoms with Crippen LogP contribution in [0.2, 0.25) is 10.0 Å². The summed E-state index contributed by atoms with van der Waals surface area (Å²) in [6.45, 7) is 7.53. The van der Waals surface area contributed by atoms with E-state index in [1.54, 1.807) is 38.1 Å². The van der Waals surface area contributed by atoms with E-state index in [1.165, 1.54) is 15.9 Å². The molecule has 1 aromatic heterocycles. The predicted molar refractivity (Wildman–Crippen MR) is 139 cm³/mol. The van der Waals surface area contributed by atoms with Crippen molar-refractivity contribution in [3.05, 3.63) is 94.6 Å². The number of para-hydroxylation sites is 1. The molecule has 182 valence electrons. The Labute approximate surface area is 216 Å². The average molecular weight is 531 g/mol. The Hall–Kier alpha value is -2.87. The van der Waals surface area contributed by atoms with E-state index in [9.17, 15) is 9.59 Å². The maximum absolute atomic E-state index is 13.7. The van der Waals surface area contributed by atoms with Crippen molar-refractivity contribution in [3.8, 4) is 5.75 Å². The molecule has 0 spiro atoms. The molecule has 0 N–H and O–H groups in total. The Morgan fingerprint density at radius 2 is 1.97 bits per heavy atom. The highest BCUT2D eigenvalue weighted by Gasteiger charge is 2.35. The second-order valence-corrected chi connectivity index (χ2v) is 10.0. The molecule has 2 aromatic carbocycles. The van der Waals surface area contributed by atoms with Crippen LogP contribution >= 0.6 is 34.5 Å². The lowest BCUT2D eigenvalue weighted by Crippen LogP contribution is -2.40. The Morgan fingerprint density at radius 1 is 1.23 bits per heavy atom. The first-order valence-electron chi connectivity index (χ1n) is 11.1. The summed E-state index contributed by atoms with van der Waals surface area (Å²) in [6, 6.07) is 11.7. The number of carbonyl (C=O) groups excluding carboxylic acids is 1. The quantitative estimate of drug-likeness (QED) is 0.425. The van der Waals surface area contributed by atoms with Crippen LogP contribution in [0.4, 0.5) is 0 Å². The van der Waals surface area contributed by atoms with E-state index in [0.717, 1.165) is 0 Å². The topological polar surface area (TPSA) is 69.9 Å². The minimum Gasteiger partial charge on any atom is -0.491 e. The molecule has 0 radical (unpaired) electrons. The minimum atomic E-state index is -0.761. The van der Waals surface area contributed by atoms with E-state index < -0.39 is 12.0 Å². The Morgan fingerprint density at radius 3 is 2.66 bits per heavy atom. The molecule has 6 nitrogen and oxygen atoms in total. The van der Waals surface area contributed by atoms with E-state index in [2.05, 4.69) is 4.99 Å². The number of esters is 1. The standard InChI is InChI=1S/C26H24Cl2N2O4S/c1-5-33-25(32)22-15(4)29-26-30(23(22)18-8-6-7-9-20(18)34-14(2)3)24(31)21(35-26)12-16-10-11-17(27)13-19(16)28/h6-14,23H,5H2,1-4H3/b21-12+/t23-/m0/s1. The van der Waals surface area contributed by atoms with Crippen LogP contribution < -0.4 is 19.6 Å². The third kappa shape index (κ3) is 5.08. The third-order valence-corrected chi connectivity index (χ3v) is 6.89. The van der Waals surface area contributed by atoms with Gasteiger partial charge in [0.25, 0.3) is 5.56 Å². The fraction of sp³-hybridized carbons (Fsp3) is 0.269. The summed E-state index contributed by atoms with van der Waals surface area (Å²) in [4.78, 5) is 31.9. The summed E-state index contributed by atoms with van der Waals surface area (Å²) in [7, 11) is 0. The minimum absolute atomic E-state index is 0.102. The molecule has 35 heavy (non-hydrogen) atoms. The number of fused-ring (bicyclic) bond motifs is 1. The molecule has 4 rings (SSSR count). The summed E-state index contributed by atoms with van der Waals surface area (Å²) in [5.41, 5.74) is 1.83. The zero-order chi connectivity index (χ0) is 25.3. The van der Waals surface area contributed by atoms with E-state index in [1.807, 2.05) is 38.1 Å². The van der Waals surface area contributed by atoms with E-state index in [-0.39, 0.29) is 18.3 Å². The summed E-state index contributed by atoms with van der Waals surface area (Å²) < 4.78 is 13.4. The molecule has 0 bridgehead atoms. The van der Waals surface area contributed by atoms with Gasteiger partial charge >= 0.3 is 5.97 Å². The van der Waals surface area contributed by atoms with Crippen molar-refractivity contribution in [2.75, 3.05) is 6.61 Å². The van der Waals surface area contributed by atoms with Gasteiger partial charge in [-0.2, -0.15) is 0 Å². The molecule has 0 saturated carbocycles. The van der Waals surface area contributed by atoms with Crippen molar-refractivity contribution in [3.63, 3.8) is 0 Å². The number of carbonyl (C=O) groups is 1. The summed E-state index contributed by atoms with van der Waals surface area (Å²) >= 11 is 13.6. The van der Waals surface area contributed by atoms with E-state index >= 15 is 0 Å². The van der Waals surface area contributed by atoms with Crippen LogP contribution in [-0.4, -0.2) is 23.2 Å². The molecule has 0 unspecified atom stereocenters. The van der Waals surface area contributed by atoms with Gasteiger partial charge in [0.2, 0.25) is 0 Å². The van der Waals surface area contributed by atoms with Crippen LogP contribution in [0.25, 0.3) is 6.08 Å². The van der Waals surface area contributed by atoms with Gasteiger partial charge < -0.3 is 9.47 Å². The molecule has 3 aromatic rings. The molecular weight excluding hydrogens is 507 g/mol. The number of thiazole rings is 1. The maximum Gasteiger partial charge on any atom is 0.338 e. The molecule has 2 heterocycles. The van der Waals surface area contributed by atoms with Crippen molar-refractivity contribution >= 4 is 46.6 Å². The van der Waals surface area contributed by atoms with Crippen molar-refractivity contribution in [2.24, 2.45) is 4.99 Å². The monoisotopic (exact) mass is 530 g/mol. The molecule has 0 aliphatic carbocycles. The second-order valence-electron chi connectivity index (χ2n) is 8.17. The van der Waals surface area contributed by atoms with E-state index in [0.29, 0.717) is 47.5 Å². The summed E-state index contributed by atoms with van der Waals surface area (Å²) in [5, 5.41) is 0.934. The first-order chi connectivity index (χ1) is 16.7. The lowest BCUT2D eigenvalue weighted by molar-refractivity contribution is -0.139. The van der Waals surface area contributed by atoms with Crippen LogP contribution in [-0.2, 0) is 9.53 Å². The Kier molecular flexibility index (Phi) is 7.50. The van der Waals surface area contributed by atoms with Gasteiger partial charge in [-0.05, 0) is 57.5 Å². The molecule has 1 aliphatic rings. The van der Waals surface area contributed by atoms with Crippen molar-refractivity contribution in [2.45, 2.75) is 39.8 Å². The van der Waals surface area contributed by atoms with Gasteiger partial charge in [0.15, 0.2) is 4.80 Å². The third-order valence-electron chi connectivity index (χ3n) is 5.34. The molecule has 0 fully saturated rings. The molecule has 0 amide bonds. The van der Waals surface area contributed by atoms with Gasteiger partial charge in [-0.15, -0.1) is 0 Å². The van der Waals surface area contributed by atoms with Gasteiger partial charge in [-0.1, -0.05) is 58.8 Å². The Bertz CT molecular complexity index is 1500. The zero-order valence-electron chi connectivity index (χ0n) is 19.7. The number of hydrogen-bond donors (Lipinski definition) is 0. The molecule has 1 atom stereocenters. The SMILES string of the molecule is CCOC(=O)C1=C(C)N=c2s/c(=C/c3ccc(Cl)cc3Cl)c(=O)n2[C@H]1c1ccccc1OC(C)C. The molecular formula is C26H24Cl2N2O4S. The van der Waals surface area contributed by atoms with Crippen molar-refractivity contribution in [1.29, 1.82) is 0 Å². The normalized spacial score (nSPS) is 15.7. The highest BCUT2D eigenvalue weighted by atomic mass is 35.5. The lowest BCUT2D eigenvalue weighted by atomic mass is 9.95. The second kappa shape index (κ2) is 10.4. The molecule has 9 heteroatoms. The van der Waals surface area contributed by atoms with Crippen molar-refractivity contribution < 1.29 is 14.3 Å². The highest BCUT2D eigenvalue weighted by molar-refractivity contribution is 7.07. The van der Waals surface area contributed by atoms with Gasteiger partial charge in [-0.25, -0.2) is 9.79 Å². The predicted octanol–water partition coefficient (Wildman–Crippen LogP) is 4.89. The highest BCUT2D eigenvalue weighted by Crippen LogP contribution is 2.36. The fourth-order valence-corrected chi connectivity index (χ4v) is 5.41. The first kappa shape index (κ1) is 25.2. The maximum atomic E-state index is 13.7. The molecule has 0 saturated heterocycles. The summed E-state index contributed by atoms with van der Waals surface area (Å²) in [6.07, 6.45) is 1.61. The van der Waals surface area contributed by atoms with Gasteiger partial charge in [-0.3, -0.25) is 9.36 Å². The van der Waals surface area contributed by atoms with Crippen LogP contribution in [0.5, 0.6) is 5.75 Å². The van der Waals surface area contributed by atoms with Gasteiger partial charge in [0.1, 0.15) is 11.8 Å². The van der Waals surface area contributed by atoms with Gasteiger partial charge in [0.05, 0.1) is 28.5 Å². The number of rotatable bonds is 6. The fourth-order valence-electron chi connectivity index (χ4n) is 3.91. The van der Waals surface area contributed by atoms with Gasteiger partial charge in [0, 0.05) is 15.6 Å². The van der Waals surface area contributed by atoms with Crippen LogP contribution in [0.1, 0.15) is 44.9 Å². The summed E-state index contributed by atoms with van der Waals surface area (Å²) in [5.74, 6) is 0.0625. The zero-order valence-corrected chi connectivity index (χ0v) is 22.0. The number of hydrogen-bond acceptors (Lipinski definition) is 6. The molecule has 1 aliphatic heterocycles. The number of ether oxygens (including phenoxy) is 2. The smallest absolute Gasteiger partial charge is 0.338 e. The van der Waals surface area contributed by atoms with Crippen molar-refractivity contribution in [1.82, 2.24) is 4.57 Å². The number of benzene rings is 2. The van der Waals surface area contributed by atoms with Crippen LogP contribution in [0, 0.1) is 0 Å². The number of nitrogens with zero attached hydrogens (tertiary/aromatic N) is 2. The van der Waals surface area contributed by atoms with Crippen LogP contribution in [0.15, 0.2) is 63.5 Å². The number of aromatic nitrogens is 1.